The van der Waals surface area contributed by atoms with Gasteiger partial charge in [0.05, 0.1) is 6.04 Å². The lowest BCUT2D eigenvalue weighted by molar-refractivity contribution is -0.137. The fourth-order valence-corrected chi connectivity index (χ4v) is 2.67. The van der Waals surface area contributed by atoms with Crippen LogP contribution in [-0.2, 0) is 4.79 Å². The second-order valence-electron chi connectivity index (χ2n) is 6.44. The molecule has 1 aliphatic heterocycles. The summed E-state index contributed by atoms with van der Waals surface area (Å²) in [6.07, 6.45) is 0.389. The monoisotopic (exact) mass is 275 g/mol. The lowest BCUT2D eigenvalue weighted by Gasteiger charge is -2.41. The summed E-state index contributed by atoms with van der Waals surface area (Å²) in [5.74, 6) is 0.152. The summed E-state index contributed by atoms with van der Waals surface area (Å²) in [5, 5.41) is 0. The van der Waals surface area contributed by atoms with Gasteiger partial charge in [-0.05, 0) is 26.5 Å². The molecule has 4 nitrogen and oxygen atoms in total. The van der Waals surface area contributed by atoms with Gasteiger partial charge in [-0.1, -0.05) is 30.3 Å². The first-order valence-corrected chi connectivity index (χ1v) is 7.19. The fraction of sp³-hybridized carbons (Fsp3) is 0.562. The summed E-state index contributed by atoms with van der Waals surface area (Å²) < 4.78 is 0. The molecule has 0 aromatic heterocycles. The van der Waals surface area contributed by atoms with Crippen molar-refractivity contribution in [2.45, 2.75) is 31.8 Å². The predicted octanol–water partition coefficient (Wildman–Crippen LogP) is 1.63. The van der Waals surface area contributed by atoms with Crippen LogP contribution in [0.5, 0.6) is 0 Å². The van der Waals surface area contributed by atoms with E-state index in [0.29, 0.717) is 6.42 Å². The van der Waals surface area contributed by atoms with Crippen molar-refractivity contribution in [3.63, 3.8) is 0 Å². The maximum absolute atomic E-state index is 12.5. The minimum atomic E-state index is -0.457. The van der Waals surface area contributed by atoms with Crippen LogP contribution in [0.3, 0.4) is 0 Å². The van der Waals surface area contributed by atoms with E-state index in [1.165, 1.54) is 5.56 Å². The van der Waals surface area contributed by atoms with E-state index in [2.05, 4.69) is 24.1 Å². The van der Waals surface area contributed by atoms with E-state index in [1.807, 2.05) is 36.9 Å². The van der Waals surface area contributed by atoms with E-state index in [0.717, 1.165) is 19.6 Å². The molecule has 0 spiro atoms. The quantitative estimate of drug-likeness (QED) is 0.912. The van der Waals surface area contributed by atoms with Crippen molar-refractivity contribution in [3.05, 3.63) is 35.9 Å². The van der Waals surface area contributed by atoms with E-state index in [-0.39, 0.29) is 11.9 Å². The molecule has 1 fully saturated rings. The number of hydrogen-bond acceptors (Lipinski definition) is 3. The lowest BCUT2D eigenvalue weighted by Crippen LogP contribution is -2.51. The van der Waals surface area contributed by atoms with Crippen molar-refractivity contribution in [1.82, 2.24) is 9.80 Å². The second kappa shape index (κ2) is 5.94. The number of nitrogens with zero attached hydrogens (tertiary/aromatic N) is 2. The van der Waals surface area contributed by atoms with Gasteiger partial charge in [-0.3, -0.25) is 4.79 Å². The Morgan fingerprint density at radius 3 is 2.55 bits per heavy atom. The first-order valence-electron chi connectivity index (χ1n) is 7.19. The molecular formula is C16H25N3O. The highest BCUT2D eigenvalue weighted by molar-refractivity contribution is 5.78. The van der Waals surface area contributed by atoms with Gasteiger partial charge in [0.1, 0.15) is 0 Å². The molecule has 1 aromatic carbocycles. The van der Waals surface area contributed by atoms with E-state index in [4.69, 9.17) is 5.73 Å². The SMILES string of the molecule is CN1CCN(C(=O)CC(C)(C)N)C(c2ccccc2)C1. The molecule has 1 unspecified atom stereocenters. The van der Waals surface area contributed by atoms with Gasteiger partial charge in [-0.2, -0.15) is 0 Å². The van der Waals surface area contributed by atoms with Gasteiger partial charge < -0.3 is 15.5 Å². The van der Waals surface area contributed by atoms with Crippen molar-refractivity contribution in [1.29, 1.82) is 0 Å². The second-order valence-corrected chi connectivity index (χ2v) is 6.44. The number of amides is 1. The van der Waals surface area contributed by atoms with E-state index >= 15 is 0 Å². The third-order valence-electron chi connectivity index (χ3n) is 3.69. The Morgan fingerprint density at radius 1 is 1.30 bits per heavy atom. The van der Waals surface area contributed by atoms with E-state index < -0.39 is 5.54 Å². The summed E-state index contributed by atoms with van der Waals surface area (Å²) >= 11 is 0. The number of carbonyl (C=O) groups is 1. The average Bonchev–Trinajstić information content (AvgIpc) is 2.37. The molecule has 0 aliphatic carbocycles. The van der Waals surface area contributed by atoms with Crippen molar-refractivity contribution in [3.8, 4) is 0 Å². The van der Waals surface area contributed by atoms with E-state index in [1.54, 1.807) is 0 Å². The van der Waals surface area contributed by atoms with Crippen LogP contribution in [0.15, 0.2) is 30.3 Å². The number of hydrogen-bond donors (Lipinski definition) is 1. The van der Waals surface area contributed by atoms with Gasteiger partial charge in [-0.15, -0.1) is 0 Å². The maximum atomic E-state index is 12.5. The Balaban J connectivity index is 2.19. The van der Waals surface area contributed by atoms with E-state index in [9.17, 15) is 4.79 Å². The fourth-order valence-electron chi connectivity index (χ4n) is 2.67. The highest BCUT2D eigenvalue weighted by Gasteiger charge is 2.31. The molecule has 4 heteroatoms. The number of benzene rings is 1. The van der Waals surface area contributed by atoms with Gasteiger partial charge in [0.15, 0.2) is 0 Å². The normalized spacial score (nSPS) is 21.0. The zero-order valence-corrected chi connectivity index (χ0v) is 12.7. The highest BCUT2D eigenvalue weighted by Crippen LogP contribution is 2.26. The largest absolute Gasteiger partial charge is 0.333 e. The number of rotatable bonds is 3. The molecule has 1 heterocycles. The lowest BCUT2D eigenvalue weighted by atomic mass is 9.98. The first-order chi connectivity index (χ1) is 9.37. The average molecular weight is 275 g/mol. The van der Waals surface area contributed by atoms with Crippen LogP contribution >= 0.6 is 0 Å². The number of nitrogens with two attached hydrogens (primary N) is 1. The molecular weight excluding hydrogens is 250 g/mol. The maximum Gasteiger partial charge on any atom is 0.225 e. The molecule has 1 atom stereocenters. The Labute approximate surface area is 121 Å². The molecule has 0 radical (unpaired) electrons. The van der Waals surface area contributed by atoms with Crippen molar-refractivity contribution < 1.29 is 4.79 Å². The molecule has 1 aromatic rings. The van der Waals surface area contributed by atoms with Crippen LogP contribution in [-0.4, -0.2) is 47.9 Å². The summed E-state index contributed by atoms with van der Waals surface area (Å²) in [4.78, 5) is 16.8. The molecule has 1 amide bonds. The van der Waals surface area contributed by atoms with Crippen LogP contribution in [0.25, 0.3) is 0 Å². The third-order valence-corrected chi connectivity index (χ3v) is 3.69. The topological polar surface area (TPSA) is 49.6 Å². The smallest absolute Gasteiger partial charge is 0.225 e. The van der Waals surface area contributed by atoms with Crippen molar-refractivity contribution >= 4 is 5.91 Å². The van der Waals surface area contributed by atoms with Crippen LogP contribution < -0.4 is 5.73 Å². The van der Waals surface area contributed by atoms with Gasteiger partial charge in [0.2, 0.25) is 5.91 Å². The Hall–Kier alpha value is -1.39. The van der Waals surface area contributed by atoms with Crippen LogP contribution in [0.1, 0.15) is 31.9 Å². The summed E-state index contributed by atoms with van der Waals surface area (Å²) in [7, 11) is 2.10. The van der Waals surface area contributed by atoms with Gasteiger partial charge in [0.25, 0.3) is 0 Å². The van der Waals surface area contributed by atoms with Gasteiger partial charge in [0, 0.05) is 31.6 Å². The zero-order valence-electron chi connectivity index (χ0n) is 12.7. The minimum absolute atomic E-state index is 0.129. The number of carbonyl (C=O) groups excluding carboxylic acids is 1. The Morgan fingerprint density at radius 2 is 1.95 bits per heavy atom. The van der Waals surface area contributed by atoms with Gasteiger partial charge >= 0.3 is 0 Å². The van der Waals surface area contributed by atoms with Crippen LogP contribution in [0, 0.1) is 0 Å². The highest BCUT2D eigenvalue weighted by atomic mass is 16.2. The first kappa shape index (κ1) is 15.0. The van der Waals surface area contributed by atoms with Crippen molar-refractivity contribution in [2.75, 3.05) is 26.7 Å². The summed E-state index contributed by atoms with van der Waals surface area (Å²) in [6, 6.07) is 10.4. The molecule has 0 bridgehead atoms. The number of piperazine rings is 1. The summed E-state index contributed by atoms with van der Waals surface area (Å²) in [5.41, 5.74) is 6.74. The standard InChI is InChI=1S/C16H25N3O/c1-16(2,17)11-15(20)19-10-9-18(3)12-14(19)13-7-5-4-6-8-13/h4-8,14H,9-12,17H2,1-3H3. The zero-order chi connectivity index (χ0) is 14.8. The predicted molar refractivity (Wildman–Crippen MR) is 81.3 cm³/mol. The minimum Gasteiger partial charge on any atom is -0.333 e. The molecule has 0 saturated carbocycles. The Kier molecular flexibility index (Phi) is 4.45. The van der Waals surface area contributed by atoms with Crippen LogP contribution in [0.4, 0.5) is 0 Å². The van der Waals surface area contributed by atoms with Crippen molar-refractivity contribution in [2.24, 2.45) is 5.73 Å². The molecule has 1 aliphatic rings. The molecule has 2 rings (SSSR count). The third kappa shape index (κ3) is 3.81. The summed E-state index contributed by atoms with van der Waals surface area (Å²) in [6.45, 7) is 6.36. The molecule has 20 heavy (non-hydrogen) atoms. The molecule has 1 saturated heterocycles. The molecule has 110 valence electrons. The van der Waals surface area contributed by atoms with Crippen LogP contribution in [0.2, 0.25) is 0 Å². The molecule has 2 N–H and O–H groups in total. The Bertz CT molecular complexity index is 453. The van der Waals surface area contributed by atoms with Gasteiger partial charge in [-0.25, -0.2) is 0 Å². The number of likely N-dealkylation sites (N-methyl/N-ethyl adjacent to an activating group) is 1.